The summed E-state index contributed by atoms with van der Waals surface area (Å²) in [6.45, 7) is 0.402. The van der Waals surface area contributed by atoms with E-state index in [1.165, 1.54) is 0 Å². The largest absolute Gasteiger partial charge is 0.493 e. The van der Waals surface area contributed by atoms with E-state index in [9.17, 15) is 4.79 Å². The van der Waals surface area contributed by atoms with Crippen molar-refractivity contribution >= 4 is 5.91 Å². The fraction of sp³-hybridized carbons (Fsp3) is 0.471. The number of nitrogens with one attached hydrogen (secondary N) is 1. The zero-order chi connectivity index (χ0) is 15.9. The Morgan fingerprint density at radius 3 is 2.55 bits per heavy atom. The van der Waals surface area contributed by atoms with Gasteiger partial charge in [0.15, 0.2) is 11.5 Å². The van der Waals surface area contributed by atoms with E-state index in [2.05, 4.69) is 17.5 Å². The van der Waals surface area contributed by atoms with Crippen LogP contribution in [0.5, 0.6) is 17.2 Å². The van der Waals surface area contributed by atoms with Gasteiger partial charge in [0.2, 0.25) is 11.7 Å². The predicted molar refractivity (Wildman–Crippen MR) is 84.4 cm³/mol. The molecule has 0 saturated heterocycles. The number of carbonyl (C=O) groups excluding carboxylic acids is 1. The lowest BCUT2D eigenvalue weighted by atomic mass is 10.0. The molecule has 0 spiro atoms. The molecule has 1 N–H and O–H groups in total. The normalized spacial score (nSPS) is 16.4. The average Bonchev–Trinajstić information content (AvgIpc) is 3.04. The molecule has 22 heavy (non-hydrogen) atoms. The van der Waals surface area contributed by atoms with Crippen LogP contribution < -0.4 is 19.5 Å². The van der Waals surface area contributed by atoms with Gasteiger partial charge < -0.3 is 19.5 Å². The maximum Gasteiger partial charge on any atom is 0.220 e. The second kappa shape index (κ2) is 7.73. The highest BCUT2D eigenvalue weighted by molar-refractivity contribution is 5.76. The number of benzene rings is 1. The molecule has 5 heteroatoms. The molecule has 1 aliphatic carbocycles. The van der Waals surface area contributed by atoms with Gasteiger partial charge in [-0.3, -0.25) is 4.79 Å². The first kappa shape index (κ1) is 16.2. The van der Waals surface area contributed by atoms with Crippen molar-refractivity contribution in [1.82, 2.24) is 5.32 Å². The maximum atomic E-state index is 12.0. The summed E-state index contributed by atoms with van der Waals surface area (Å²) in [5, 5.41) is 2.94. The molecular formula is C17H23NO4. The smallest absolute Gasteiger partial charge is 0.220 e. The van der Waals surface area contributed by atoms with Gasteiger partial charge >= 0.3 is 0 Å². The lowest BCUT2D eigenvalue weighted by Gasteiger charge is -2.16. The van der Waals surface area contributed by atoms with Gasteiger partial charge in [0.05, 0.1) is 21.3 Å². The third-order valence-electron chi connectivity index (χ3n) is 3.82. The second-order valence-corrected chi connectivity index (χ2v) is 5.24. The van der Waals surface area contributed by atoms with Crippen molar-refractivity contribution in [1.29, 1.82) is 0 Å². The Balaban J connectivity index is 2.02. The van der Waals surface area contributed by atoms with Crippen LogP contribution in [0.4, 0.5) is 0 Å². The molecule has 0 heterocycles. The summed E-state index contributed by atoms with van der Waals surface area (Å²) in [7, 11) is 4.72. The summed E-state index contributed by atoms with van der Waals surface area (Å²) >= 11 is 0. The molecule has 0 fully saturated rings. The molecule has 120 valence electrons. The molecule has 2 rings (SSSR count). The zero-order valence-electron chi connectivity index (χ0n) is 13.3. The summed E-state index contributed by atoms with van der Waals surface area (Å²) in [5.41, 5.74) is 0.857. The van der Waals surface area contributed by atoms with E-state index < -0.39 is 0 Å². The van der Waals surface area contributed by atoms with Gasteiger partial charge in [-0.25, -0.2) is 0 Å². The van der Waals surface area contributed by atoms with Crippen LogP contribution in [0.2, 0.25) is 0 Å². The number of rotatable bonds is 7. The van der Waals surface area contributed by atoms with Gasteiger partial charge in [0.25, 0.3) is 0 Å². The summed E-state index contributed by atoms with van der Waals surface area (Å²) in [6.07, 6.45) is 6.92. The van der Waals surface area contributed by atoms with Crippen LogP contribution >= 0.6 is 0 Å². The average molecular weight is 305 g/mol. The number of allylic oxidation sites excluding steroid dienone is 2. The Kier molecular flexibility index (Phi) is 5.69. The van der Waals surface area contributed by atoms with Crippen LogP contribution in [0.1, 0.15) is 24.8 Å². The van der Waals surface area contributed by atoms with Gasteiger partial charge in [-0.2, -0.15) is 0 Å². The summed E-state index contributed by atoms with van der Waals surface area (Å²) in [6, 6.07) is 3.68. The number of hydrogen-bond donors (Lipinski definition) is 1. The van der Waals surface area contributed by atoms with Gasteiger partial charge in [-0.05, 0) is 30.9 Å². The molecular weight excluding hydrogens is 282 g/mol. The predicted octanol–water partition coefficient (Wildman–Crippen LogP) is 2.68. The van der Waals surface area contributed by atoms with E-state index in [1.54, 1.807) is 21.3 Å². The number of carbonyl (C=O) groups is 1. The highest BCUT2D eigenvalue weighted by Gasteiger charge is 2.17. The maximum absolute atomic E-state index is 12.0. The molecule has 1 unspecified atom stereocenters. The third-order valence-corrected chi connectivity index (χ3v) is 3.82. The monoisotopic (exact) mass is 305 g/mol. The molecule has 5 nitrogen and oxygen atoms in total. The molecule has 0 aromatic heterocycles. The number of ether oxygens (including phenoxy) is 3. The van der Waals surface area contributed by atoms with Gasteiger partial charge in [0.1, 0.15) is 0 Å². The van der Waals surface area contributed by atoms with Crippen LogP contribution in [-0.4, -0.2) is 27.2 Å². The molecule has 1 aliphatic rings. The standard InChI is InChI=1S/C17H23NO4/c1-20-14-9-8-13(16(21-2)17(14)22-3)11-18-15(19)10-12-6-4-5-7-12/h4,6,8-9,12H,5,7,10-11H2,1-3H3,(H,18,19). The molecule has 1 atom stereocenters. The van der Waals surface area contributed by atoms with E-state index in [-0.39, 0.29) is 5.91 Å². The minimum atomic E-state index is 0.0494. The van der Waals surface area contributed by atoms with Crippen LogP contribution in [0.3, 0.4) is 0 Å². The van der Waals surface area contributed by atoms with Crippen LogP contribution in [0.25, 0.3) is 0 Å². The first-order chi connectivity index (χ1) is 10.7. The van der Waals surface area contributed by atoms with Crippen LogP contribution in [0, 0.1) is 5.92 Å². The van der Waals surface area contributed by atoms with E-state index >= 15 is 0 Å². The Morgan fingerprint density at radius 1 is 1.18 bits per heavy atom. The van der Waals surface area contributed by atoms with Crippen molar-refractivity contribution in [3.63, 3.8) is 0 Å². The lowest BCUT2D eigenvalue weighted by molar-refractivity contribution is -0.121. The molecule has 1 aromatic carbocycles. The van der Waals surface area contributed by atoms with Crippen LogP contribution in [-0.2, 0) is 11.3 Å². The van der Waals surface area contributed by atoms with Crippen LogP contribution in [0.15, 0.2) is 24.3 Å². The zero-order valence-corrected chi connectivity index (χ0v) is 13.3. The van der Waals surface area contributed by atoms with E-state index in [0.29, 0.717) is 36.1 Å². The number of methoxy groups -OCH3 is 3. The third kappa shape index (κ3) is 3.72. The quantitative estimate of drug-likeness (QED) is 0.787. The van der Waals surface area contributed by atoms with Crippen molar-refractivity contribution in [2.45, 2.75) is 25.8 Å². The number of amides is 1. The Bertz CT molecular complexity index is 554. The van der Waals surface area contributed by atoms with E-state index in [0.717, 1.165) is 18.4 Å². The number of hydrogen-bond acceptors (Lipinski definition) is 4. The topological polar surface area (TPSA) is 56.8 Å². The fourth-order valence-corrected chi connectivity index (χ4v) is 2.67. The molecule has 1 amide bonds. The van der Waals surface area contributed by atoms with E-state index in [1.807, 2.05) is 12.1 Å². The Morgan fingerprint density at radius 2 is 1.95 bits per heavy atom. The minimum absolute atomic E-state index is 0.0494. The fourth-order valence-electron chi connectivity index (χ4n) is 2.67. The first-order valence-electron chi connectivity index (χ1n) is 7.40. The van der Waals surface area contributed by atoms with Crippen molar-refractivity contribution in [3.05, 3.63) is 29.8 Å². The van der Waals surface area contributed by atoms with Crippen molar-refractivity contribution < 1.29 is 19.0 Å². The van der Waals surface area contributed by atoms with Gasteiger partial charge in [-0.1, -0.05) is 12.2 Å². The highest BCUT2D eigenvalue weighted by Crippen LogP contribution is 2.39. The Hall–Kier alpha value is -2.17. The first-order valence-corrected chi connectivity index (χ1v) is 7.40. The SMILES string of the molecule is COc1ccc(CNC(=O)CC2C=CCC2)c(OC)c1OC. The van der Waals surface area contributed by atoms with Gasteiger partial charge in [0, 0.05) is 18.5 Å². The molecule has 0 radical (unpaired) electrons. The van der Waals surface area contributed by atoms with Gasteiger partial charge in [-0.15, -0.1) is 0 Å². The summed E-state index contributed by atoms with van der Waals surface area (Å²) in [4.78, 5) is 12.0. The molecule has 0 saturated carbocycles. The molecule has 0 aliphatic heterocycles. The molecule has 1 aromatic rings. The highest BCUT2D eigenvalue weighted by atomic mass is 16.5. The van der Waals surface area contributed by atoms with E-state index in [4.69, 9.17) is 14.2 Å². The molecule has 0 bridgehead atoms. The minimum Gasteiger partial charge on any atom is -0.493 e. The van der Waals surface area contributed by atoms with Crippen molar-refractivity contribution in [2.75, 3.05) is 21.3 Å². The summed E-state index contributed by atoms with van der Waals surface area (Å²) in [5.74, 6) is 2.14. The summed E-state index contributed by atoms with van der Waals surface area (Å²) < 4.78 is 16.0. The Labute approximate surface area is 131 Å². The second-order valence-electron chi connectivity index (χ2n) is 5.24. The van der Waals surface area contributed by atoms with Crippen molar-refractivity contribution in [3.8, 4) is 17.2 Å². The lowest BCUT2D eigenvalue weighted by Crippen LogP contribution is -2.24. The van der Waals surface area contributed by atoms with Crippen molar-refractivity contribution in [2.24, 2.45) is 5.92 Å².